The normalized spacial score (nSPS) is 11.3. The van der Waals surface area contributed by atoms with E-state index in [0.717, 1.165) is 27.1 Å². The molecule has 0 aliphatic carbocycles. The van der Waals surface area contributed by atoms with Gasteiger partial charge in [-0.05, 0) is 23.9 Å². The van der Waals surface area contributed by atoms with E-state index in [0.29, 0.717) is 16.6 Å². The van der Waals surface area contributed by atoms with Gasteiger partial charge in [0.05, 0.1) is 5.69 Å². The molecule has 0 aliphatic rings. The first-order valence-corrected chi connectivity index (χ1v) is 8.13. The Kier molecular flexibility index (Phi) is 4.58. The number of nitrogens with one attached hydrogen (secondary N) is 1. The van der Waals surface area contributed by atoms with Crippen LogP contribution in [0.25, 0.3) is 10.8 Å². The molecule has 2 rings (SSSR count). The summed E-state index contributed by atoms with van der Waals surface area (Å²) in [5, 5.41) is 7.86. The number of hydrogen-bond acceptors (Lipinski definition) is 6. The molecular weight excluding hydrogens is 286 g/mol. The van der Waals surface area contributed by atoms with E-state index in [1.54, 1.807) is 11.3 Å². The van der Waals surface area contributed by atoms with E-state index >= 15 is 0 Å². The highest BCUT2D eigenvalue weighted by molar-refractivity contribution is 7.98. The van der Waals surface area contributed by atoms with Crippen LogP contribution in [0, 0.1) is 4.84 Å². The number of hydrogen-bond donors (Lipinski definition) is 1. The van der Waals surface area contributed by atoms with Crippen LogP contribution in [-0.4, -0.2) is 20.9 Å². The maximum absolute atomic E-state index is 5.39. The predicted octanol–water partition coefficient (Wildman–Crippen LogP) is 4.23. The molecule has 2 aromatic rings. The standard InChI is InChI=1S/C11H15N3OS3/c1-4-17-5-7-12-8(6(2)3)9(18-7)10-13-14-11(16)15-10/h6H,4-5H2,1-3H3,(H,14,16). The summed E-state index contributed by atoms with van der Waals surface area (Å²) in [4.78, 5) is 5.98. The van der Waals surface area contributed by atoms with Gasteiger partial charge in [0.2, 0.25) is 0 Å². The van der Waals surface area contributed by atoms with E-state index in [1.807, 2.05) is 11.8 Å². The Balaban J connectivity index is 2.38. The van der Waals surface area contributed by atoms with Gasteiger partial charge < -0.3 is 4.42 Å². The summed E-state index contributed by atoms with van der Waals surface area (Å²) in [7, 11) is 0. The van der Waals surface area contributed by atoms with Crippen LogP contribution in [0.4, 0.5) is 0 Å². The molecule has 0 spiro atoms. The Bertz CT molecular complexity index is 570. The third-order valence-corrected chi connectivity index (χ3v) is 4.61. The van der Waals surface area contributed by atoms with Gasteiger partial charge in [0.1, 0.15) is 9.88 Å². The van der Waals surface area contributed by atoms with Crippen LogP contribution in [0.1, 0.15) is 37.4 Å². The van der Waals surface area contributed by atoms with E-state index in [4.69, 9.17) is 16.6 Å². The van der Waals surface area contributed by atoms with Gasteiger partial charge in [0.15, 0.2) is 0 Å². The summed E-state index contributed by atoms with van der Waals surface area (Å²) < 4.78 is 5.39. The predicted molar refractivity (Wildman–Crippen MR) is 78.7 cm³/mol. The molecule has 0 aliphatic heterocycles. The van der Waals surface area contributed by atoms with Gasteiger partial charge in [0, 0.05) is 5.75 Å². The highest BCUT2D eigenvalue weighted by Crippen LogP contribution is 2.34. The molecule has 0 bridgehead atoms. The Morgan fingerprint density at radius 1 is 1.50 bits per heavy atom. The lowest BCUT2D eigenvalue weighted by molar-refractivity contribution is 0.552. The van der Waals surface area contributed by atoms with Crippen LogP contribution in [0.2, 0.25) is 0 Å². The molecule has 0 amide bonds. The van der Waals surface area contributed by atoms with Gasteiger partial charge in [-0.1, -0.05) is 20.8 Å². The minimum Gasteiger partial charge on any atom is -0.408 e. The van der Waals surface area contributed by atoms with E-state index in [2.05, 4.69) is 36.0 Å². The second kappa shape index (κ2) is 5.99. The first-order chi connectivity index (χ1) is 8.61. The van der Waals surface area contributed by atoms with Gasteiger partial charge in [0.25, 0.3) is 10.7 Å². The molecule has 98 valence electrons. The maximum Gasteiger partial charge on any atom is 0.284 e. The highest BCUT2D eigenvalue weighted by Gasteiger charge is 2.19. The van der Waals surface area contributed by atoms with Crippen LogP contribution in [0.3, 0.4) is 0 Å². The second-order valence-electron chi connectivity index (χ2n) is 4.03. The van der Waals surface area contributed by atoms with Crippen LogP contribution < -0.4 is 0 Å². The molecule has 1 N–H and O–H groups in total. The molecule has 7 heteroatoms. The number of rotatable bonds is 5. The first-order valence-electron chi connectivity index (χ1n) is 5.75. The molecular formula is C11H15N3OS3. The van der Waals surface area contributed by atoms with Crippen molar-refractivity contribution in [2.75, 3.05) is 5.75 Å². The summed E-state index contributed by atoms with van der Waals surface area (Å²) >= 11 is 8.42. The van der Waals surface area contributed by atoms with Gasteiger partial charge >= 0.3 is 0 Å². The van der Waals surface area contributed by atoms with Crippen molar-refractivity contribution in [2.24, 2.45) is 0 Å². The lowest BCUT2D eigenvalue weighted by Gasteiger charge is -2.00. The van der Waals surface area contributed by atoms with Crippen molar-refractivity contribution in [3.63, 3.8) is 0 Å². The molecule has 18 heavy (non-hydrogen) atoms. The van der Waals surface area contributed by atoms with Crippen LogP contribution >= 0.6 is 35.3 Å². The minimum absolute atomic E-state index is 0.303. The fraction of sp³-hybridized carbons (Fsp3) is 0.545. The molecule has 0 radical (unpaired) electrons. The smallest absolute Gasteiger partial charge is 0.284 e. The molecule has 0 aromatic carbocycles. The van der Waals surface area contributed by atoms with Crippen molar-refractivity contribution in [2.45, 2.75) is 32.4 Å². The molecule has 0 saturated heterocycles. The molecule has 0 unspecified atom stereocenters. The van der Waals surface area contributed by atoms with Crippen LogP contribution in [0.15, 0.2) is 4.42 Å². The molecule has 2 aromatic heterocycles. The molecule has 0 saturated carbocycles. The monoisotopic (exact) mass is 301 g/mol. The average Bonchev–Trinajstić information content (AvgIpc) is 2.92. The van der Waals surface area contributed by atoms with Crippen LogP contribution in [0.5, 0.6) is 0 Å². The molecule has 4 nitrogen and oxygen atoms in total. The topological polar surface area (TPSA) is 54.7 Å². The summed E-state index contributed by atoms with van der Waals surface area (Å²) in [6.07, 6.45) is 0. The Hall–Kier alpha value is -0.660. The zero-order valence-corrected chi connectivity index (χ0v) is 13.0. The molecule has 0 fully saturated rings. The van der Waals surface area contributed by atoms with E-state index in [1.165, 1.54) is 0 Å². The van der Waals surface area contributed by atoms with Gasteiger partial charge in [-0.15, -0.1) is 16.4 Å². The zero-order chi connectivity index (χ0) is 13.1. The summed E-state index contributed by atoms with van der Waals surface area (Å²) in [6, 6.07) is 0. The maximum atomic E-state index is 5.39. The van der Waals surface area contributed by atoms with E-state index in [-0.39, 0.29) is 0 Å². The lowest BCUT2D eigenvalue weighted by Crippen LogP contribution is -1.91. The zero-order valence-electron chi connectivity index (χ0n) is 10.5. The SMILES string of the molecule is CCSCc1nc(C(C)C)c(-c2n[nH]c(=S)o2)s1. The van der Waals surface area contributed by atoms with E-state index < -0.39 is 0 Å². The summed E-state index contributed by atoms with van der Waals surface area (Å²) in [6.45, 7) is 6.39. The largest absolute Gasteiger partial charge is 0.408 e. The number of aromatic amines is 1. The number of aromatic nitrogens is 3. The Morgan fingerprint density at radius 2 is 2.28 bits per heavy atom. The first kappa shape index (κ1) is 13.8. The van der Waals surface area contributed by atoms with Crippen molar-refractivity contribution in [1.29, 1.82) is 0 Å². The number of thioether (sulfide) groups is 1. The van der Waals surface area contributed by atoms with Gasteiger partial charge in [-0.3, -0.25) is 0 Å². The highest BCUT2D eigenvalue weighted by atomic mass is 32.2. The second-order valence-corrected chi connectivity index (χ2v) is 6.76. The van der Waals surface area contributed by atoms with Crippen molar-refractivity contribution >= 4 is 35.3 Å². The van der Waals surface area contributed by atoms with Gasteiger partial charge in [-0.2, -0.15) is 11.8 Å². The number of H-pyrrole nitrogens is 1. The van der Waals surface area contributed by atoms with Crippen molar-refractivity contribution < 1.29 is 4.42 Å². The number of thiazole rings is 1. The fourth-order valence-corrected chi connectivity index (χ4v) is 3.49. The molecule has 0 atom stereocenters. The fourth-order valence-electron chi connectivity index (χ4n) is 1.50. The Morgan fingerprint density at radius 3 is 2.83 bits per heavy atom. The summed E-state index contributed by atoms with van der Waals surface area (Å²) in [5.41, 5.74) is 1.04. The third kappa shape index (κ3) is 3.02. The van der Waals surface area contributed by atoms with Crippen molar-refractivity contribution in [3.8, 4) is 10.8 Å². The lowest BCUT2D eigenvalue weighted by atomic mass is 10.1. The van der Waals surface area contributed by atoms with E-state index in [9.17, 15) is 0 Å². The minimum atomic E-state index is 0.303. The van der Waals surface area contributed by atoms with Gasteiger partial charge in [-0.25, -0.2) is 10.1 Å². The van der Waals surface area contributed by atoms with Crippen molar-refractivity contribution in [1.82, 2.24) is 15.2 Å². The molecule has 2 heterocycles. The quantitative estimate of drug-likeness (QED) is 0.837. The van der Waals surface area contributed by atoms with Crippen LogP contribution in [-0.2, 0) is 5.75 Å². The summed E-state index contributed by atoms with van der Waals surface area (Å²) in [5.74, 6) is 2.92. The average molecular weight is 301 g/mol. The van der Waals surface area contributed by atoms with Crippen molar-refractivity contribution in [3.05, 3.63) is 15.5 Å². The Labute approximate surface area is 119 Å². The third-order valence-electron chi connectivity index (χ3n) is 2.31. The number of nitrogens with zero attached hydrogens (tertiary/aromatic N) is 2.